The van der Waals surface area contributed by atoms with E-state index in [4.69, 9.17) is 4.74 Å². The number of amides is 1. The topological polar surface area (TPSA) is 93.1 Å². The van der Waals surface area contributed by atoms with E-state index in [0.717, 1.165) is 62.7 Å². The first-order valence-corrected chi connectivity index (χ1v) is 11.1. The van der Waals surface area contributed by atoms with E-state index in [-0.39, 0.29) is 6.09 Å². The normalized spacial score (nSPS) is 20.8. The van der Waals surface area contributed by atoms with Crippen LogP contribution in [0.15, 0.2) is 36.7 Å². The number of rotatable bonds is 4. The molecule has 2 fully saturated rings. The summed E-state index contributed by atoms with van der Waals surface area (Å²) in [5, 5.41) is 19.2. The number of aromatic nitrogens is 4. The lowest BCUT2D eigenvalue weighted by atomic mass is 10.0. The van der Waals surface area contributed by atoms with E-state index in [1.54, 1.807) is 17.3 Å². The van der Waals surface area contributed by atoms with Crippen molar-refractivity contribution in [3.8, 4) is 0 Å². The van der Waals surface area contributed by atoms with Crippen molar-refractivity contribution in [2.45, 2.75) is 52.1 Å². The van der Waals surface area contributed by atoms with Crippen LogP contribution in [0.2, 0.25) is 0 Å². The highest BCUT2D eigenvalue weighted by atomic mass is 16.6. The molecule has 2 aliphatic heterocycles. The van der Waals surface area contributed by atoms with Gasteiger partial charge in [-0.25, -0.2) is 4.79 Å². The largest absolute Gasteiger partial charge is 0.444 e. The van der Waals surface area contributed by atoms with Gasteiger partial charge in [-0.2, -0.15) is 20.4 Å². The van der Waals surface area contributed by atoms with E-state index < -0.39 is 5.60 Å². The van der Waals surface area contributed by atoms with Gasteiger partial charge < -0.3 is 15.0 Å². The number of hydrogen-bond acceptors (Lipinski definition) is 7. The van der Waals surface area contributed by atoms with Gasteiger partial charge in [0, 0.05) is 25.5 Å². The second-order valence-corrected chi connectivity index (χ2v) is 9.28. The molecule has 4 heterocycles. The van der Waals surface area contributed by atoms with E-state index in [1.807, 2.05) is 45.0 Å². The molecule has 1 N–H and O–H groups in total. The van der Waals surface area contributed by atoms with E-state index in [9.17, 15) is 4.79 Å². The summed E-state index contributed by atoms with van der Waals surface area (Å²) in [6.07, 6.45) is 7.39. The number of nitrogens with zero attached hydrogens (tertiary/aromatic N) is 5. The third-order valence-electron chi connectivity index (χ3n) is 5.35. The van der Waals surface area contributed by atoms with E-state index >= 15 is 0 Å². The number of likely N-dealkylation sites (tertiary alicyclic amines) is 1. The van der Waals surface area contributed by atoms with Crippen LogP contribution >= 0.6 is 0 Å². The Morgan fingerprint density at radius 1 is 1.06 bits per heavy atom. The van der Waals surface area contributed by atoms with E-state index in [0.29, 0.717) is 5.92 Å². The minimum absolute atomic E-state index is 0.214. The van der Waals surface area contributed by atoms with Crippen LogP contribution in [0.4, 0.5) is 4.79 Å². The predicted octanol–water partition coefficient (Wildman–Crippen LogP) is 2.90. The maximum atomic E-state index is 11.9. The zero-order valence-corrected chi connectivity index (χ0v) is 18.8. The molecule has 0 aromatic carbocycles. The van der Waals surface area contributed by atoms with Crippen molar-refractivity contribution in [1.29, 1.82) is 0 Å². The van der Waals surface area contributed by atoms with Gasteiger partial charge in [0.05, 0.1) is 11.4 Å². The van der Waals surface area contributed by atoms with Gasteiger partial charge in [0.1, 0.15) is 5.60 Å². The summed E-state index contributed by atoms with van der Waals surface area (Å²) in [7, 11) is 0. The van der Waals surface area contributed by atoms with Crippen molar-refractivity contribution in [2.24, 2.45) is 11.8 Å². The monoisotopic (exact) mass is 426 g/mol. The molecule has 0 spiro atoms. The van der Waals surface area contributed by atoms with E-state index in [1.165, 1.54) is 6.42 Å². The molecule has 4 rings (SSSR count). The molecular weight excluding hydrogens is 392 g/mol. The molecule has 0 bridgehead atoms. The van der Waals surface area contributed by atoms with Crippen LogP contribution in [-0.2, 0) is 17.6 Å². The summed E-state index contributed by atoms with van der Waals surface area (Å²) in [4.78, 5) is 13.7. The Balaban J connectivity index is 0.000000194. The molecule has 8 heteroatoms. The van der Waals surface area contributed by atoms with Gasteiger partial charge in [0.2, 0.25) is 0 Å². The van der Waals surface area contributed by atoms with Crippen molar-refractivity contribution in [3.05, 3.63) is 48.0 Å². The average molecular weight is 427 g/mol. The molecule has 31 heavy (non-hydrogen) atoms. The minimum Gasteiger partial charge on any atom is -0.444 e. The first kappa shape index (κ1) is 23.1. The Morgan fingerprint density at radius 3 is 2.23 bits per heavy atom. The molecule has 2 atom stereocenters. The average Bonchev–Trinajstić information content (AvgIpc) is 3.41. The molecule has 0 aliphatic carbocycles. The van der Waals surface area contributed by atoms with Crippen LogP contribution in [0.25, 0.3) is 0 Å². The van der Waals surface area contributed by atoms with Crippen LogP contribution in [-0.4, -0.2) is 63.2 Å². The number of carbonyl (C=O) groups excluding carboxylic acids is 1. The maximum Gasteiger partial charge on any atom is 0.410 e. The molecule has 0 unspecified atom stereocenters. The van der Waals surface area contributed by atoms with Crippen LogP contribution in [0, 0.1) is 11.8 Å². The minimum atomic E-state index is -0.430. The van der Waals surface area contributed by atoms with Crippen molar-refractivity contribution in [3.63, 3.8) is 0 Å². The van der Waals surface area contributed by atoms with Gasteiger partial charge in [-0.15, -0.1) is 0 Å². The summed E-state index contributed by atoms with van der Waals surface area (Å²) < 4.78 is 5.38. The number of hydrogen-bond donors (Lipinski definition) is 1. The first-order chi connectivity index (χ1) is 14.9. The number of carbonyl (C=O) groups is 1. The van der Waals surface area contributed by atoms with E-state index in [2.05, 4.69) is 25.7 Å². The van der Waals surface area contributed by atoms with Crippen molar-refractivity contribution in [1.82, 2.24) is 30.6 Å². The quantitative estimate of drug-likeness (QED) is 0.803. The fourth-order valence-corrected chi connectivity index (χ4v) is 3.86. The van der Waals surface area contributed by atoms with Gasteiger partial charge in [-0.3, -0.25) is 0 Å². The lowest BCUT2D eigenvalue weighted by Gasteiger charge is -2.24. The van der Waals surface area contributed by atoms with Gasteiger partial charge >= 0.3 is 6.09 Å². The van der Waals surface area contributed by atoms with Crippen molar-refractivity contribution < 1.29 is 9.53 Å². The standard InChI is InChI=1S/C14H21N3O2.C9H13N3/c1-14(2,3)19-13(18)17-8-6-11(10-17)9-12-5-4-7-15-16-12;1-2-9(12-11-4-1)6-8-3-5-10-7-8/h4-5,7,11H,6,8-10H2,1-3H3;1-2,4,8,10H,3,5-7H2/t11-;8-/m00/s1. The summed E-state index contributed by atoms with van der Waals surface area (Å²) in [5.74, 6) is 1.21. The smallest absolute Gasteiger partial charge is 0.410 e. The highest BCUT2D eigenvalue weighted by Crippen LogP contribution is 2.22. The first-order valence-electron chi connectivity index (χ1n) is 11.1. The third kappa shape index (κ3) is 8.20. The number of nitrogens with one attached hydrogen (secondary N) is 1. The molecule has 2 aromatic rings. The molecule has 0 saturated carbocycles. The molecular formula is C23H34N6O2. The second kappa shape index (κ2) is 11.1. The zero-order chi connectivity index (χ0) is 22.1. The highest BCUT2D eigenvalue weighted by molar-refractivity contribution is 5.68. The Kier molecular flexibility index (Phi) is 8.28. The lowest BCUT2D eigenvalue weighted by molar-refractivity contribution is 0.0288. The molecule has 168 valence electrons. The Morgan fingerprint density at radius 2 is 1.71 bits per heavy atom. The summed E-state index contributed by atoms with van der Waals surface area (Å²) in [5.41, 5.74) is 1.67. The van der Waals surface area contributed by atoms with Gasteiger partial charge in [-0.05, 0) is 95.6 Å². The molecule has 2 aliphatic rings. The number of ether oxygens (including phenoxy) is 1. The lowest BCUT2D eigenvalue weighted by Crippen LogP contribution is -2.35. The molecule has 0 radical (unpaired) electrons. The van der Waals surface area contributed by atoms with Crippen LogP contribution in [0.3, 0.4) is 0 Å². The molecule has 2 aromatic heterocycles. The van der Waals surface area contributed by atoms with Gasteiger partial charge in [0.15, 0.2) is 0 Å². The second-order valence-electron chi connectivity index (χ2n) is 9.28. The fourth-order valence-electron chi connectivity index (χ4n) is 3.86. The molecule has 1 amide bonds. The molecule has 2 saturated heterocycles. The van der Waals surface area contributed by atoms with Crippen LogP contribution < -0.4 is 5.32 Å². The van der Waals surface area contributed by atoms with Crippen LogP contribution in [0.5, 0.6) is 0 Å². The maximum absolute atomic E-state index is 11.9. The SMILES string of the molecule is CC(C)(C)OC(=O)N1CC[C@@H](Cc2cccnn2)C1.c1cnnc(C[C@@H]2CCNC2)c1. The summed E-state index contributed by atoms with van der Waals surface area (Å²) >= 11 is 0. The van der Waals surface area contributed by atoms with Crippen molar-refractivity contribution in [2.75, 3.05) is 26.2 Å². The van der Waals surface area contributed by atoms with Gasteiger partial charge in [-0.1, -0.05) is 0 Å². The fraction of sp³-hybridized carbons (Fsp3) is 0.609. The summed E-state index contributed by atoms with van der Waals surface area (Å²) in [6, 6.07) is 7.86. The Hall–Kier alpha value is -2.61. The Bertz CT molecular complexity index is 791. The zero-order valence-electron chi connectivity index (χ0n) is 18.8. The Labute approximate surface area is 184 Å². The highest BCUT2D eigenvalue weighted by Gasteiger charge is 2.29. The van der Waals surface area contributed by atoms with Crippen LogP contribution in [0.1, 0.15) is 45.0 Å². The summed E-state index contributed by atoms with van der Waals surface area (Å²) in [6.45, 7) is 9.46. The molecule has 8 nitrogen and oxygen atoms in total. The van der Waals surface area contributed by atoms with Gasteiger partial charge in [0.25, 0.3) is 0 Å². The van der Waals surface area contributed by atoms with Crippen molar-refractivity contribution >= 4 is 6.09 Å². The third-order valence-corrected chi connectivity index (χ3v) is 5.35. The predicted molar refractivity (Wildman–Crippen MR) is 118 cm³/mol.